The Morgan fingerprint density at radius 2 is 2.19 bits per heavy atom. The summed E-state index contributed by atoms with van der Waals surface area (Å²) in [7, 11) is 4.00. The zero-order valence-corrected chi connectivity index (χ0v) is 17.0. The number of aromatic nitrogens is 2. The summed E-state index contributed by atoms with van der Waals surface area (Å²) in [6.45, 7) is 3.68. The lowest BCUT2D eigenvalue weighted by molar-refractivity contribution is -0.911. The summed E-state index contributed by atoms with van der Waals surface area (Å²) in [4.78, 5) is 21.0. The number of carbonyl (C=O) groups excluding carboxylic acids is 1. The topological polar surface area (TPSA) is 42.6 Å². The second-order valence-electron chi connectivity index (χ2n) is 7.52. The van der Waals surface area contributed by atoms with Crippen LogP contribution in [0.15, 0.2) is 42.6 Å². The molecule has 6 heteroatoms. The van der Waals surface area contributed by atoms with Gasteiger partial charge in [-0.1, -0.05) is 12.1 Å². The Morgan fingerprint density at radius 1 is 1.37 bits per heavy atom. The molecule has 0 aliphatic carbocycles. The van der Waals surface area contributed by atoms with E-state index in [1.54, 1.807) is 11.3 Å². The minimum atomic E-state index is -0.00890. The Balaban J connectivity index is 1.46. The molecule has 2 aromatic heterocycles. The predicted octanol–water partition coefficient (Wildman–Crippen LogP) is 2.57. The number of nitrogens with zero attached hydrogens (tertiary/aromatic N) is 3. The summed E-state index contributed by atoms with van der Waals surface area (Å²) < 4.78 is 3.36. The molecule has 1 unspecified atom stereocenters. The third kappa shape index (κ3) is 3.51. The minimum absolute atomic E-state index is 0.00890. The monoisotopic (exact) mass is 383 g/mol. The number of quaternary nitrogens is 1. The highest BCUT2D eigenvalue weighted by molar-refractivity contribution is 7.18. The van der Waals surface area contributed by atoms with E-state index in [4.69, 9.17) is 4.98 Å². The molecule has 0 radical (unpaired) electrons. The zero-order valence-electron chi connectivity index (χ0n) is 16.2. The first-order valence-corrected chi connectivity index (χ1v) is 10.4. The molecule has 1 aliphatic heterocycles. The van der Waals surface area contributed by atoms with Gasteiger partial charge in [0.25, 0.3) is 5.91 Å². The van der Waals surface area contributed by atoms with E-state index in [0.717, 1.165) is 23.5 Å². The summed E-state index contributed by atoms with van der Waals surface area (Å²) in [5.41, 5.74) is 2.34. The van der Waals surface area contributed by atoms with Crippen LogP contribution in [0.25, 0.3) is 10.2 Å². The molecule has 0 spiro atoms. The van der Waals surface area contributed by atoms with Gasteiger partial charge in [-0.15, -0.1) is 11.3 Å². The highest BCUT2D eigenvalue weighted by Crippen LogP contribution is 2.28. The molecule has 3 aromatic rings. The lowest BCUT2D eigenvalue weighted by Crippen LogP contribution is -3.11. The van der Waals surface area contributed by atoms with E-state index in [2.05, 4.69) is 42.9 Å². The van der Waals surface area contributed by atoms with Crippen molar-refractivity contribution < 1.29 is 9.69 Å². The van der Waals surface area contributed by atoms with Gasteiger partial charge in [0.1, 0.15) is 11.0 Å². The number of carbonyl (C=O) groups is 1. The number of likely N-dealkylation sites (tertiary alicyclic amines) is 1. The summed E-state index contributed by atoms with van der Waals surface area (Å²) in [5, 5.41) is 1.00. The first kappa shape index (κ1) is 18.2. The average Bonchev–Trinajstić information content (AvgIpc) is 3.39. The quantitative estimate of drug-likeness (QED) is 0.736. The smallest absolute Gasteiger partial charge is 0.278 e. The Hall–Kier alpha value is -2.18. The standard InChI is InChI=1S/C21H26N4OS/c1-15(21-22-16-8-4-5-11-19(16)27-21)24(3)20(26)14-25-13-7-10-18(25)17-9-6-12-23(17)2/h4-6,8-9,11-12,15,18H,7,10,13-14H2,1-3H3/p+1/t15-,18+/m0/s1. The van der Waals surface area contributed by atoms with Crippen molar-refractivity contribution in [1.82, 2.24) is 14.5 Å². The van der Waals surface area contributed by atoms with Crippen LogP contribution in [0, 0.1) is 0 Å². The molecule has 1 saturated heterocycles. The molecule has 142 valence electrons. The number of rotatable bonds is 5. The first-order valence-electron chi connectivity index (χ1n) is 9.61. The lowest BCUT2D eigenvalue weighted by atomic mass is 10.1. The van der Waals surface area contributed by atoms with E-state index in [1.807, 2.05) is 30.1 Å². The van der Waals surface area contributed by atoms with Crippen LogP contribution in [-0.4, -0.2) is 40.5 Å². The number of hydrogen-bond donors (Lipinski definition) is 1. The fraction of sp³-hybridized carbons (Fsp3) is 0.429. The fourth-order valence-corrected chi connectivity index (χ4v) is 5.15. The maximum absolute atomic E-state index is 13.0. The van der Waals surface area contributed by atoms with E-state index < -0.39 is 0 Å². The van der Waals surface area contributed by atoms with Crippen molar-refractivity contribution in [2.75, 3.05) is 20.1 Å². The van der Waals surface area contributed by atoms with Gasteiger partial charge in [0.05, 0.1) is 28.5 Å². The largest absolute Gasteiger partial charge is 0.350 e. The van der Waals surface area contributed by atoms with Crippen LogP contribution in [0.3, 0.4) is 0 Å². The van der Waals surface area contributed by atoms with E-state index in [-0.39, 0.29) is 11.9 Å². The fourth-order valence-electron chi connectivity index (χ4n) is 4.09. The van der Waals surface area contributed by atoms with Gasteiger partial charge in [-0.2, -0.15) is 0 Å². The zero-order chi connectivity index (χ0) is 19.0. The number of thiazole rings is 1. The lowest BCUT2D eigenvalue weighted by Gasteiger charge is -2.27. The molecule has 1 N–H and O–H groups in total. The molecule has 27 heavy (non-hydrogen) atoms. The van der Waals surface area contributed by atoms with Gasteiger partial charge in [0.2, 0.25) is 0 Å². The number of aryl methyl sites for hydroxylation is 1. The molecule has 1 amide bonds. The van der Waals surface area contributed by atoms with Crippen molar-refractivity contribution in [2.45, 2.75) is 31.8 Å². The molecular weight excluding hydrogens is 356 g/mol. The Labute approximate surface area is 164 Å². The summed E-state index contributed by atoms with van der Waals surface area (Å²) in [5.74, 6) is 0.192. The SMILES string of the molecule is C[C@@H](c1nc2ccccc2s1)N(C)C(=O)C[NH+]1CCC[C@@H]1c1cccn1C. The van der Waals surface area contributed by atoms with E-state index in [0.29, 0.717) is 12.6 Å². The maximum atomic E-state index is 13.0. The van der Waals surface area contributed by atoms with Gasteiger partial charge >= 0.3 is 0 Å². The highest BCUT2D eigenvalue weighted by Gasteiger charge is 2.34. The maximum Gasteiger partial charge on any atom is 0.278 e. The van der Waals surface area contributed by atoms with Crippen molar-refractivity contribution in [2.24, 2.45) is 7.05 Å². The Bertz CT molecular complexity index is 913. The van der Waals surface area contributed by atoms with Crippen LogP contribution >= 0.6 is 11.3 Å². The van der Waals surface area contributed by atoms with E-state index in [9.17, 15) is 4.79 Å². The molecule has 5 nitrogen and oxygen atoms in total. The molecular formula is C21H27N4OS+. The average molecular weight is 384 g/mol. The number of benzene rings is 1. The summed E-state index contributed by atoms with van der Waals surface area (Å²) >= 11 is 1.68. The highest BCUT2D eigenvalue weighted by atomic mass is 32.1. The Kier molecular flexibility index (Phi) is 5.02. The molecule has 1 aliphatic rings. The number of fused-ring (bicyclic) bond motifs is 1. The van der Waals surface area contributed by atoms with Crippen molar-refractivity contribution in [3.63, 3.8) is 0 Å². The Morgan fingerprint density at radius 3 is 2.93 bits per heavy atom. The van der Waals surface area contributed by atoms with Crippen molar-refractivity contribution in [3.05, 3.63) is 53.3 Å². The van der Waals surface area contributed by atoms with Gasteiger partial charge in [0, 0.05) is 33.1 Å². The van der Waals surface area contributed by atoms with Crippen molar-refractivity contribution in [3.8, 4) is 0 Å². The van der Waals surface area contributed by atoms with Crippen LogP contribution in [0.4, 0.5) is 0 Å². The molecule has 4 rings (SSSR count). The molecule has 0 saturated carbocycles. The van der Waals surface area contributed by atoms with E-state index in [1.165, 1.54) is 21.7 Å². The van der Waals surface area contributed by atoms with Gasteiger partial charge < -0.3 is 14.4 Å². The number of amides is 1. The second-order valence-corrected chi connectivity index (χ2v) is 8.59. The van der Waals surface area contributed by atoms with Crippen molar-refractivity contribution >= 4 is 27.5 Å². The molecule has 0 bridgehead atoms. The van der Waals surface area contributed by atoms with Crippen LogP contribution in [0.1, 0.15) is 42.6 Å². The van der Waals surface area contributed by atoms with Gasteiger partial charge in [0.15, 0.2) is 6.54 Å². The molecule has 3 heterocycles. The first-order chi connectivity index (χ1) is 13.0. The number of para-hydroxylation sites is 1. The van der Waals surface area contributed by atoms with Crippen LogP contribution in [0.2, 0.25) is 0 Å². The normalized spacial score (nSPS) is 20.9. The number of nitrogens with one attached hydrogen (secondary N) is 1. The van der Waals surface area contributed by atoms with Gasteiger partial charge in [-0.25, -0.2) is 4.98 Å². The predicted molar refractivity (Wildman–Crippen MR) is 109 cm³/mol. The molecule has 3 atom stereocenters. The number of likely N-dealkylation sites (N-methyl/N-ethyl adjacent to an activating group) is 1. The van der Waals surface area contributed by atoms with Crippen LogP contribution in [-0.2, 0) is 11.8 Å². The number of hydrogen-bond acceptors (Lipinski definition) is 3. The van der Waals surface area contributed by atoms with E-state index >= 15 is 0 Å². The third-order valence-electron chi connectivity index (χ3n) is 5.84. The second kappa shape index (κ2) is 7.44. The third-order valence-corrected chi connectivity index (χ3v) is 7.05. The van der Waals surface area contributed by atoms with Crippen LogP contribution in [0.5, 0.6) is 0 Å². The molecule has 1 aromatic carbocycles. The van der Waals surface area contributed by atoms with Crippen LogP contribution < -0.4 is 4.90 Å². The summed E-state index contributed by atoms with van der Waals surface area (Å²) in [6, 6.07) is 12.8. The van der Waals surface area contributed by atoms with Gasteiger partial charge in [-0.3, -0.25) is 4.79 Å². The summed E-state index contributed by atoms with van der Waals surface area (Å²) in [6.07, 6.45) is 4.42. The van der Waals surface area contributed by atoms with Gasteiger partial charge in [-0.05, 0) is 31.2 Å². The molecule has 1 fully saturated rings. The minimum Gasteiger partial charge on any atom is -0.350 e. The van der Waals surface area contributed by atoms with Crippen molar-refractivity contribution in [1.29, 1.82) is 0 Å².